The number of allylic oxidation sites excluding steroid dienone is 2. The van der Waals surface area contributed by atoms with Crippen molar-refractivity contribution in [2.75, 3.05) is 7.11 Å². The fourth-order valence-electron chi connectivity index (χ4n) is 4.56. The standard InChI is InChI=1S/C14H12O7/c1-14-3-4(19-2)5(6-8(14)12(17)20-10(6)15)7-9(14)13(18)21-11(7)16/h3,5-9H,1-2H3/t5?,6-,7+,8+,9-,14?. The Bertz CT molecular complexity index is 604. The van der Waals surface area contributed by atoms with Crippen LogP contribution in [0.15, 0.2) is 11.8 Å². The molecule has 5 aliphatic rings. The predicted octanol–water partition coefficient (Wildman–Crippen LogP) is -0.202. The normalized spacial score (nSPS) is 46.8. The van der Waals surface area contributed by atoms with E-state index in [1.54, 1.807) is 13.0 Å². The van der Waals surface area contributed by atoms with Crippen molar-refractivity contribution in [3.8, 4) is 0 Å². The zero-order chi connectivity index (χ0) is 15.1. The van der Waals surface area contributed by atoms with Gasteiger partial charge in [0.2, 0.25) is 0 Å². The van der Waals surface area contributed by atoms with Crippen LogP contribution in [-0.2, 0) is 33.4 Å². The number of carbonyl (C=O) groups is 4. The minimum Gasteiger partial charge on any atom is -0.501 e. The van der Waals surface area contributed by atoms with E-state index in [0.29, 0.717) is 5.76 Å². The molecule has 2 unspecified atom stereocenters. The maximum atomic E-state index is 12.0. The van der Waals surface area contributed by atoms with E-state index in [2.05, 4.69) is 0 Å². The highest BCUT2D eigenvalue weighted by Crippen LogP contribution is 2.64. The summed E-state index contributed by atoms with van der Waals surface area (Å²) >= 11 is 0. The highest BCUT2D eigenvalue weighted by Gasteiger charge is 2.74. The second-order valence-corrected chi connectivity index (χ2v) is 6.13. The van der Waals surface area contributed by atoms with Gasteiger partial charge in [-0.3, -0.25) is 19.2 Å². The van der Waals surface area contributed by atoms with Gasteiger partial charge in [0.15, 0.2) is 0 Å². The van der Waals surface area contributed by atoms with E-state index < -0.39 is 58.9 Å². The molecule has 2 aliphatic heterocycles. The van der Waals surface area contributed by atoms with Crippen LogP contribution in [0.5, 0.6) is 0 Å². The van der Waals surface area contributed by atoms with Crippen molar-refractivity contribution in [1.29, 1.82) is 0 Å². The predicted molar refractivity (Wildman–Crippen MR) is 62.8 cm³/mol. The molecule has 0 spiro atoms. The molecule has 110 valence electrons. The van der Waals surface area contributed by atoms with Crippen LogP contribution in [0.25, 0.3) is 0 Å². The van der Waals surface area contributed by atoms with Gasteiger partial charge < -0.3 is 14.2 Å². The number of carbonyl (C=O) groups excluding carboxylic acids is 4. The molecule has 0 aromatic heterocycles. The highest BCUT2D eigenvalue weighted by molar-refractivity contribution is 6.03. The molecular formula is C14H12O7. The number of ether oxygens (including phenoxy) is 3. The third-order valence-corrected chi connectivity index (χ3v) is 5.30. The maximum absolute atomic E-state index is 12.0. The fourth-order valence-corrected chi connectivity index (χ4v) is 4.56. The van der Waals surface area contributed by atoms with Crippen molar-refractivity contribution in [1.82, 2.24) is 0 Å². The highest BCUT2D eigenvalue weighted by atomic mass is 16.6. The Morgan fingerprint density at radius 1 is 0.905 bits per heavy atom. The molecular weight excluding hydrogens is 280 g/mol. The summed E-state index contributed by atoms with van der Waals surface area (Å²) in [5.41, 5.74) is -1.01. The van der Waals surface area contributed by atoms with Gasteiger partial charge in [0.25, 0.3) is 0 Å². The topological polar surface area (TPSA) is 96.0 Å². The van der Waals surface area contributed by atoms with Crippen molar-refractivity contribution in [3.05, 3.63) is 11.8 Å². The third-order valence-electron chi connectivity index (χ3n) is 5.30. The van der Waals surface area contributed by atoms with Crippen LogP contribution in [0, 0.1) is 35.0 Å². The lowest BCUT2D eigenvalue weighted by molar-refractivity contribution is -0.155. The molecule has 0 aromatic rings. The van der Waals surface area contributed by atoms with Crippen molar-refractivity contribution in [2.24, 2.45) is 35.0 Å². The number of cyclic esters (lactones) is 4. The Balaban J connectivity index is 1.98. The molecule has 0 amide bonds. The molecule has 21 heavy (non-hydrogen) atoms. The molecule has 5 rings (SSSR count). The van der Waals surface area contributed by atoms with Gasteiger partial charge in [0.1, 0.15) is 0 Å². The van der Waals surface area contributed by atoms with Gasteiger partial charge >= 0.3 is 23.9 Å². The van der Waals surface area contributed by atoms with Crippen molar-refractivity contribution < 1.29 is 33.4 Å². The van der Waals surface area contributed by atoms with Crippen molar-refractivity contribution >= 4 is 23.9 Å². The molecule has 1 saturated carbocycles. The molecule has 3 aliphatic carbocycles. The zero-order valence-corrected chi connectivity index (χ0v) is 11.3. The second-order valence-electron chi connectivity index (χ2n) is 6.13. The van der Waals surface area contributed by atoms with Gasteiger partial charge in [0, 0.05) is 11.3 Å². The first kappa shape index (κ1) is 12.6. The first-order chi connectivity index (χ1) is 9.90. The van der Waals surface area contributed by atoms with Gasteiger partial charge in [-0.25, -0.2) is 0 Å². The second kappa shape index (κ2) is 3.52. The number of hydrogen-bond acceptors (Lipinski definition) is 7. The van der Waals surface area contributed by atoms with Crippen LogP contribution in [0.4, 0.5) is 0 Å². The zero-order valence-electron chi connectivity index (χ0n) is 11.3. The van der Waals surface area contributed by atoms with E-state index in [1.165, 1.54) is 7.11 Å². The average molecular weight is 292 g/mol. The lowest BCUT2D eigenvalue weighted by Gasteiger charge is -2.51. The van der Waals surface area contributed by atoms with E-state index in [0.717, 1.165) is 0 Å². The van der Waals surface area contributed by atoms with E-state index in [9.17, 15) is 19.2 Å². The summed E-state index contributed by atoms with van der Waals surface area (Å²) in [5.74, 6) is -5.96. The van der Waals surface area contributed by atoms with Gasteiger partial charge in [0.05, 0.1) is 36.5 Å². The van der Waals surface area contributed by atoms with E-state index in [4.69, 9.17) is 14.2 Å². The Hall–Kier alpha value is -2.18. The lowest BCUT2D eigenvalue weighted by atomic mass is 9.47. The minimum atomic E-state index is -1.01. The molecule has 2 saturated heterocycles. The molecule has 0 radical (unpaired) electrons. The van der Waals surface area contributed by atoms with Crippen LogP contribution in [0.1, 0.15) is 6.92 Å². The molecule has 0 aromatic carbocycles. The number of rotatable bonds is 1. The SMILES string of the molecule is COC1=CC2(C)[C@@H]3C(=O)OC(=O)[C@@H]3C1[C@@H]1C(=O)OC(=O)[C@@H]12. The number of methoxy groups -OCH3 is 1. The first-order valence-electron chi connectivity index (χ1n) is 6.68. The summed E-state index contributed by atoms with van der Waals surface area (Å²) in [6, 6.07) is 0. The Labute approximate surface area is 119 Å². The fraction of sp³-hybridized carbons (Fsp3) is 0.571. The number of esters is 4. The summed E-state index contributed by atoms with van der Waals surface area (Å²) in [6.07, 6.45) is 1.68. The largest absolute Gasteiger partial charge is 0.501 e. The Kier molecular flexibility index (Phi) is 2.11. The lowest BCUT2D eigenvalue weighted by Crippen LogP contribution is -2.58. The van der Waals surface area contributed by atoms with Crippen LogP contribution in [-0.4, -0.2) is 31.0 Å². The van der Waals surface area contributed by atoms with Gasteiger partial charge in [-0.05, 0) is 6.08 Å². The van der Waals surface area contributed by atoms with Crippen LogP contribution in [0.3, 0.4) is 0 Å². The smallest absolute Gasteiger partial charge is 0.318 e. The van der Waals surface area contributed by atoms with Gasteiger partial charge in [-0.1, -0.05) is 6.92 Å². The quantitative estimate of drug-likeness (QED) is 0.487. The summed E-state index contributed by atoms with van der Waals surface area (Å²) in [6.45, 7) is 1.68. The Morgan fingerprint density at radius 3 is 1.81 bits per heavy atom. The monoisotopic (exact) mass is 292 g/mol. The van der Waals surface area contributed by atoms with Crippen molar-refractivity contribution in [3.63, 3.8) is 0 Å². The average Bonchev–Trinajstić information content (AvgIpc) is 2.89. The summed E-state index contributed by atoms with van der Waals surface area (Å²) < 4.78 is 14.8. The molecule has 6 atom stereocenters. The van der Waals surface area contributed by atoms with Crippen LogP contribution >= 0.6 is 0 Å². The molecule has 7 nitrogen and oxygen atoms in total. The summed E-state index contributed by atoms with van der Waals surface area (Å²) in [7, 11) is 1.43. The van der Waals surface area contributed by atoms with Crippen molar-refractivity contribution in [2.45, 2.75) is 6.92 Å². The number of hydrogen-bond donors (Lipinski definition) is 0. The van der Waals surface area contributed by atoms with Gasteiger partial charge in [-0.15, -0.1) is 0 Å². The molecule has 2 bridgehead atoms. The summed E-state index contributed by atoms with van der Waals surface area (Å²) in [4.78, 5) is 48.1. The maximum Gasteiger partial charge on any atom is 0.318 e. The van der Waals surface area contributed by atoms with Crippen LogP contribution in [0.2, 0.25) is 0 Å². The third kappa shape index (κ3) is 1.21. The minimum absolute atomic E-state index is 0.443. The van der Waals surface area contributed by atoms with Gasteiger partial charge in [-0.2, -0.15) is 0 Å². The molecule has 7 heteroatoms. The summed E-state index contributed by atoms with van der Waals surface area (Å²) in [5, 5.41) is 0. The van der Waals surface area contributed by atoms with E-state index >= 15 is 0 Å². The molecule has 3 fully saturated rings. The Morgan fingerprint density at radius 2 is 1.38 bits per heavy atom. The van der Waals surface area contributed by atoms with E-state index in [-0.39, 0.29) is 0 Å². The molecule has 2 heterocycles. The molecule has 0 N–H and O–H groups in total. The van der Waals surface area contributed by atoms with Crippen LogP contribution < -0.4 is 0 Å². The first-order valence-corrected chi connectivity index (χ1v) is 6.68. The van der Waals surface area contributed by atoms with E-state index in [1.807, 2.05) is 0 Å².